The summed E-state index contributed by atoms with van der Waals surface area (Å²) in [5.41, 5.74) is 2.36. The molecule has 2 nitrogen and oxygen atoms in total. The molecule has 0 spiro atoms. The molecule has 0 unspecified atom stereocenters. The van der Waals surface area contributed by atoms with Crippen molar-refractivity contribution in [1.82, 2.24) is 0 Å². The van der Waals surface area contributed by atoms with E-state index in [4.69, 9.17) is 11.6 Å². The largest absolute Gasteiger partial charge is 0.375 e. The first kappa shape index (κ1) is 10.6. The highest BCUT2D eigenvalue weighted by Crippen LogP contribution is 2.38. The van der Waals surface area contributed by atoms with Gasteiger partial charge in [0, 0.05) is 18.6 Å². The van der Waals surface area contributed by atoms with Crippen LogP contribution < -0.4 is 10.2 Å². The second kappa shape index (κ2) is 3.60. The van der Waals surface area contributed by atoms with E-state index in [0.29, 0.717) is 0 Å². The summed E-state index contributed by atoms with van der Waals surface area (Å²) in [6.45, 7) is 8.59. The van der Waals surface area contributed by atoms with Crippen LogP contribution in [0.2, 0.25) is 5.02 Å². The molecule has 0 radical (unpaired) electrons. The molecule has 1 N–H and O–H groups in total. The molecule has 0 aromatic heterocycles. The Morgan fingerprint density at radius 2 is 2.20 bits per heavy atom. The molecule has 1 heterocycles. The van der Waals surface area contributed by atoms with Gasteiger partial charge >= 0.3 is 0 Å². The van der Waals surface area contributed by atoms with E-state index in [-0.39, 0.29) is 5.54 Å². The van der Waals surface area contributed by atoms with Crippen LogP contribution in [-0.4, -0.2) is 18.6 Å². The van der Waals surface area contributed by atoms with Crippen molar-refractivity contribution in [3.05, 3.63) is 23.2 Å². The molecule has 1 aliphatic heterocycles. The molecule has 1 aliphatic rings. The summed E-state index contributed by atoms with van der Waals surface area (Å²) < 4.78 is 0. The first-order chi connectivity index (χ1) is 7.03. The predicted molar refractivity (Wildman–Crippen MR) is 67.0 cm³/mol. The van der Waals surface area contributed by atoms with Crippen LogP contribution in [0.1, 0.15) is 20.8 Å². The zero-order valence-electron chi connectivity index (χ0n) is 9.47. The maximum Gasteiger partial charge on any atom is 0.0772 e. The van der Waals surface area contributed by atoms with Gasteiger partial charge in [-0.3, -0.25) is 0 Å². The van der Waals surface area contributed by atoms with Gasteiger partial charge in [-0.05, 0) is 32.9 Å². The van der Waals surface area contributed by atoms with Gasteiger partial charge in [0.05, 0.1) is 16.4 Å². The van der Waals surface area contributed by atoms with Crippen LogP contribution in [0.15, 0.2) is 18.2 Å². The molecule has 0 fully saturated rings. The van der Waals surface area contributed by atoms with Crippen LogP contribution in [0.5, 0.6) is 0 Å². The van der Waals surface area contributed by atoms with Crippen molar-refractivity contribution in [3.8, 4) is 0 Å². The molecule has 0 saturated carbocycles. The molecule has 0 aliphatic carbocycles. The molecule has 3 heteroatoms. The highest BCUT2D eigenvalue weighted by atomic mass is 35.5. The lowest BCUT2D eigenvalue weighted by Gasteiger charge is -2.42. The molecule has 0 amide bonds. The maximum atomic E-state index is 6.20. The standard InChI is InChI=1S/C12H17ClN2/c1-4-15-8-12(2,3)14-11-9(13)6-5-7-10(11)15/h5-7,14H,4,8H2,1-3H3. The zero-order valence-corrected chi connectivity index (χ0v) is 10.2. The van der Waals surface area contributed by atoms with Crippen LogP contribution in [0.4, 0.5) is 11.4 Å². The van der Waals surface area contributed by atoms with Crippen LogP contribution in [0, 0.1) is 0 Å². The van der Waals surface area contributed by atoms with Crippen molar-refractivity contribution in [2.75, 3.05) is 23.3 Å². The van der Waals surface area contributed by atoms with E-state index in [0.717, 1.165) is 23.8 Å². The zero-order chi connectivity index (χ0) is 11.1. The molecular formula is C12H17ClN2. The van der Waals surface area contributed by atoms with Crippen LogP contribution in [0.3, 0.4) is 0 Å². The van der Waals surface area contributed by atoms with Crippen molar-refractivity contribution in [3.63, 3.8) is 0 Å². The van der Waals surface area contributed by atoms with Gasteiger partial charge in [-0.1, -0.05) is 17.7 Å². The number of hydrogen-bond acceptors (Lipinski definition) is 2. The van der Waals surface area contributed by atoms with E-state index in [1.165, 1.54) is 5.69 Å². The van der Waals surface area contributed by atoms with Gasteiger partial charge in [-0.15, -0.1) is 0 Å². The minimum atomic E-state index is 0.0774. The lowest BCUT2D eigenvalue weighted by molar-refractivity contribution is 0.537. The Labute approximate surface area is 96.2 Å². The number of rotatable bonds is 1. The van der Waals surface area contributed by atoms with E-state index < -0.39 is 0 Å². The van der Waals surface area contributed by atoms with Crippen molar-refractivity contribution in [1.29, 1.82) is 0 Å². The topological polar surface area (TPSA) is 15.3 Å². The molecule has 0 bridgehead atoms. The lowest BCUT2D eigenvalue weighted by atomic mass is 9.99. The molecule has 1 aromatic rings. The summed E-state index contributed by atoms with van der Waals surface area (Å²) >= 11 is 6.20. The Morgan fingerprint density at radius 3 is 2.87 bits per heavy atom. The van der Waals surface area contributed by atoms with Gasteiger partial charge in [0.2, 0.25) is 0 Å². The number of hydrogen-bond donors (Lipinski definition) is 1. The molecule has 82 valence electrons. The predicted octanol–water partition coefficient (Wildman–Crippen LogP) is 3.37. The van der Waals surface area contributed by atoms with E-state index in [1.807, 2.05) is 12.1 Å². The smallest absolute Gasteiger partial charge is 0.0772 e. The Balaban J connectivity index is 2.49. The van der Waals surface area contributed by atoms with Crippen LogP contribution in [0.25, 0.3) is 0 Å². The van der Waals surface area contributed by atoms with E-state index in [9.17, 15) is 0 Å². The summed E-state index contributed by atoms with van der Waals surface area (Å²) in [5.74, 6) is 0. The van der Waals surface area contributed by atoms with Gasteiger partial charge in [-0.25, -0.2) is 0 Å². The number of nitrogens with one attached hydrogen (secondary N) is 1. The SMILES string of the molecule is CCN1CC(C)(C)Nc2c(Cl)cccc21. The number of likely N-dealkylation sites (N-methyl/N-ethyl adjacent to an activating group) is 1. The molecule has 15 heavy (non-hydrogen) atoms. The Bertz CT molecular complexity index is 374. The van der Waals surface area contributed by atoms with Crippen molar-refractivity contribution >= 4 is 23.0 Å². The Kier molecular flexibility index (Phi) is 2.55. The molecule has 2 rings (SSSR count). The molecule has 1 aromatic carbocycles. The maximum absolute atomic E-state index is 6.20. The normalized spacial score (nSPS) is 18.3. The quantitative estimate of drug-likeness (QED) is 0.787. The molecular weight excluding hydrogens is 208 g/mol. The summed E-state index contributed by atoms with van der Waals surface area (Å²) in [4.78, 5) is 2.36. The summed E-state index contributed by atoms with van der Waals surface area (Å²) in [7, 11) is 0. The first-order valence-corrected chi connectivity index (χ1v) is 5.73. The second-order valence-corrected chi connectivity index (χ2v) is 5.06. The minimum absolute atomic E-state index is 0.0774. The van der Waals surface area contributed by atoms with E-state index in [1.54, 1.807) is 0 Å². The molecule has 0 saturated heterocycles. The molecule has 0 atom stereocenters. The Hall–Kier alpha value is -0.890. The van der Waals surface area contributed by atoms with E-state index in [2.05, 4.69) is 37.1 Å². The van der Waals surface area contributed by atoms with Gasteiger partial charge < -0.3 is 10.2 Å². The number of nitrogens with zero attached hydrogens (tertiary/aromatic N) is 1. The fourth-order valence-corrected chi connectivity index (χ4v) is 2.34. The van der Waals surface area contributed by atoms with Crippen molar-refractivity contribution in [2.24, 2.45) is 0 Å². The number of para-hydroxylation sites is 1. The Morgan fingerprint density at radius 1 is 1.47 bits per heavy atom. The average Bonchev–Trinajstić information content (AvgIpc) is 2.17. The van der Waals surface area contributed by atoms with E-state index >= 15 is 0 Å². The summed E-state index contributed by atoms with van der Waals surface area (Å²) in [6, 6.07) is 6.05. The van der Waals surface area contributed by atoms with Crippen LogP contribution in [-0.2, 0) is 0 Å². The summed E-state index contributed by atoms with van der Waals surface area (Å²) in [5, 5.41) is 4.30. The second-order valence-electron chi connectivity index (χ2n) is 4.66. The van der Waals surface area contributed by atoms with Gasteiger partial charge in [0.1, 0.15) is 0 Å². The van der Waals surface area contributed by atoms with Crippen molar-refractivity contribution < 1.29 is 0 Å². The van der Waals surface area contributed by atoms with Crippen LogP contribution >= 0.6 is 11.6 Å². The first-order valence-electron chi connectivity index (χ1n) is 5.35. The summed E-state index contributed by atoms with van der Waals surface area (Å²) in [6.07, 6.45) is 0. The lowest BCUT2D eigenvalue weighted by Crippen LogP contribution is -2.48. The number of anilines is 2. The number of halogens is 1. The monoisotopic (exact) mass is 224 g/mol. The third-order valence-electron chi connectivity index (χ3n) is 2.76. The fourth-order valence-electron chi connectivity index (χ4n) is 2.12. The number of fused-ring (bicyclic) bond motifs is 1. The highest BCUT2D eigenvalue weighted by Gasteiger charge is 2.29. The fraction of sp³-hybridized carbons (Fsp3) is 0.500. The van der Waals surface area contributed by atoms with Gasteiger partial charge in [-0.2, -0.15) is 0 Å². The third kappa shape index (κ3) is 1.91. The van der Waals surface area contributed by atoms with Gasteiger partial charge in [0.15, 0.2) is 0 Å². The van der Waals surface area contributed by atoms with Gasteiger partial charge in [0.25, 0.3) is 0 Å². The minimum Gasteiger partial charge on any atom is -0.375 e. The number of benzene rings is 1. The highest BCUT2D eigenvalue weighted by molar-refractivity contribution is 6.34. The average molecular weight is 225 g/mol. The third-order valence-corrected chi connectivity index (χ3v) is 3.08. The van der Waals surface area contributed by atoms with Crippen molar-refractivity contribution in [2.45, 2.75) is 26.3 Å².